The van der Waals surface area contributed by atoms with Crippen LogP contribution in [0, 0.1) is 0 Å². The number of aromatic carboxylic acids is 1. The van der Waals surface area contributed by atoms with Gasteiger partial charge in [0.2, 0.25) is 5.91 Å². The van der Waals surface area contributed by atoms with Crippen LogP contribution in [-0.4, -0.2) is 30.2 Å². The van der Waals surface area contributed by atoms with Crippen molar-refractivity contribution in [2.45, 2.75) is 6.42 Å². The van der Waals surface area contributed by atoms with Gasteiger partial charge in [-0.05, 0) is 66.2 Å². The van der Waals surface area contributed by atoms with Crippen LogP contribution in [0.5, 0.6) is 23.0 Å². The topological polar surface area (TPSA) is 94.1 Å². The monoisotopic (exact) mass is 483 g/mol. The van der Waals surface area contributed by atoms with Gasteiger partial charge in [0.1, 0.15) is 36.2 Å². The molecule has 0 aliphatic rings. The van der Waals surface area contributed by atoms with Crippen LogP contribution in [0.2, 0.25) is 0 Å². The van der Waals surface area contributed by atoms with Gasteiger partial charge in [-0.3, -0.25) is 4.79 Å². The van der Waals surface area contributed by atoms with Crippen molar-refractivity contribution in [3.8, 4) is 23.0 Å². The van der Waals surface area contributed by atoms with Crippen molar-refractivity contribution in [1.29, 1.82) is 0 Å². The first-order chi connectivity index (χ1) is 17.6. The lowest BCUT2D eigenvalue weighted by atomic mass is 10.1. The molecule has 4 aromatic rings. The molecule has 0 heterocycles. The van der Waals surface area contributed by atoms with Gasteiger partial charge >= 0.3 is 5.97 Å². The molecule has 0 aliphatic heterocycles. The van der Waals surface area contributed by atoms with Gasteiger partial charge in [-0.15, -0.1) is 0 Å². The summed E-state index contributed by atoms with van der Waals surface area (Å²) in [5, 5.41) is 11.9. The fraction of sp³-hybridized carbons (Fsp3) is 0.103. The number of carboxylic acid groups (broad SMARTS) is 1. The van der Waals surface area contributed by atoms with Crippen LogP contribution < -0.4 is 19.5 Å². The minimum Gasteiger partial charge on any atom is -0.490 e. The van der Waals surface area contributed by atoms with Crippen LogP contribution in [-0.2, 0) is 11.2 Å². The van der Waals surface area contributed by atoms with Gasteiger partial charge in [-0.25, -0.2) is 4.79 Å². The van der Waals surface area contributed by atoms with E-state index in [-0.39, 0.29) is 23.6 Å². The molecule has 4 aromatic carbocycles. The Morgan fingerprint density at radius 3 is 1.81 bits per heavy atom. The Balaban J connectivity index is 1.23. The molecule has 0 spiro atoms. The Hall–Kier alpha value is -4.78. The highest BCUT2D eigenvalue weighted by atomic mass is 16.5. The average molecular weight is 484 g/mol. The first kappa shape index (κ1) is 24.3. The normalized spacial score (nSPS) is 10.3. The number of carbonyl (C=O) groups excluding carboxylic acids is 1. The second-order valence-electron chi connectivity index (χ2n) is 7.80. The van der Waals surface area contributed by atoms with Crippen molar-refractivity contribution < 1.29 is 28.9 Å². The lowest BCUT2D eigenvalue weighted by molar-refractivity contribution is -0.115. The molecule has 2 N–H and O–H groups in total. The largest absolute Gasteiger partial charge is 0.490 e. The lowest BCUT2D eigenvalue weighted by Crippen LogP contribution is -2.16. The number of carboxylic acids is 1. The van der Waals surface area contributed by atoms with Crippen molar-refractivity contribution >= 4 is 17.6 Å². The maximum Gasteiger partial charge on any atom is 0.337 e. The van der Waals surface area contributed by atoms with E-state index in [1.807, 2.05) is 54.6 Å². The SMILES string of the molecule is O=C(Cc1ccc(Oc2ccc(OCCOc3ccccc3)cc2)cc1)Nc1ccccc1C(=O)O. The molecule has 0 atom stereocenters. The van der Waals surface area contributed by atoms with Gasteiger partial charge in [0.05, 0.1) is 17.7 Å². The minimum atomic E-state index is -1.09. The van der Waals surface area contributed by atoms with E-state index in [4.69, 9.17) is 14.2 Å². The molecule has 182 valence electrons. The molecule has 0 radical (unpaired) electrons. The molecular weight excluding hydrogens is 458 g/mol. The summed E-state index contributed by atoms with van der Waals surface area (Å²) in [4.78, 5) is 23.7. The first-order valence-corrected chi connectivity index (χ1v) is 11.4. The fourth-order valence-corrected chi connectivity index (χ4v) is 3.41. The summed E-state index contributed by atoms with van der Waals surface area (Å²) in [6.07, 6.45) is 0.105. The molecule has 1 amide bonds. The number of amides is 1. The van der Waals surface area contributed by atoms with Crippen molar-refractivity contribution in [1.82, 2.24) is 0 Å². The van der Waals surface area contributed by atoms with E-state index in [1.165, 1.54) is 6.07 Å². The van der Waals surface area contributed by atoms with Gasteiger partial charge in [0.15, 0.2) is 0 Å². The summed E-state index contributed by atoms with van der Waals surface area (Å²) < 4.78 is 17.2. The molecule has 0 aliphatic carbocycles. The van der Waals surface area contributed by atoms with Gasteiger partial charge in [0.25, 0.3) is 0 Å². The average Bonchev–Trinajstić information content (AvgIpc) is 2.89. The molecule has 7 heteroatoms. The van der Waals surface area contributed by atoms with Crippen LogP contribution in [0.3, 0.4) is 0 Å². The number of hydrogen-bond donors (Lipinski definition) is 2. The van der Waals surface area contributed by atoms with Gasteiger partial charge in [0, 0.05) is 0 Å². The van der Waals surface area contributed by atoms with E-state index in [1.54, 1.807) is 42.5 Å². The van der Waals surface area contributed by atoms with Crippen molar-refractivity contribution in [3.05, 3.63) is 114 Å². The summed E-state index contributed by atoms with van der Waals surface area (Å²) in [5.74, 6) is 1.40. The first-order valence-electron chi connectivity index (χ1n) is 11.4. The third kappa shape index (κ3) is 7.11. The van der Waals surface area contributed by atoms with Crippen molar-refractivity contribution in [3.63, 3.8) is 0 Å². The van der Waals surface area contributed by atoms with Crippen LogP contribution >= 0.6 is 0 Å². The Morgan fingerprint density at radius 2 is 1.17 bits per heavy atom. The number of nitrogens with one attached hydrogen (secondary N) is 1. The zero-order valence-electron chi connectivity index (χ0n) is 19.4. The third-order valence-corrected chi connectivity index (χ3v) is 5.14. The molecule has 0 saturated heterocycles. The number of para-hydroxylation sites is 2. The number of rotatable bonds is 11. The quantitative estimate of drug-likeness (QED) is 0.261. The Bertz CT molecular complexity index is 1290. The number of carbonyl (C=O) groups is 2. The van der Waals surface area contributed by atoms with E-state index in [0.29, 0.717) is 30.5 Å². The zero-order chi connectivity index (χ0) is 25.2. The maximum absolute atomic E-state index is 12.4. The van der Waals surface area contributed by atoms with E-state index >= 15 is 0 Å². The van der Waals surface area contributed by atoms with Crippen LogP contribution in [0.1, 0.15) is 15.9 Å². The molecule has 0 saturated carbocycles. The van der Waals surface area contributed by atoms with Gasteiger partial charge < -0.3 is 24.6 Å². The second kappa shape index (κ2) is 12.1. The molecule has 0 bridgehead atoms. The highest BCUT2D eigenvalue weighted by Crippen LogP contribution is 2.24. The molecule has 0 aromatic heterocycles. The number of hydrogen-bond acceptors (Lipinski definition) is 5. The lowest BCUT2D eigenvalue weighted by Gasteiger charge is -2.10. The second-order valence-corrected chi connectivity index (χ2v) is 7.80. The number of ether oxygens (including phenoxy) is 3. The predicted molar refractivity (Wildman–Crippen MR) is 136 cm³/mol. The Morgan fingerprint density at radius 1 is 0.639 bits per heavy atom. The molecule has 7 nitrogen and oxygen atoms in total. The smallest absolute Gasteiger partial charge is 0.337 e. The molecular formula is C29H25NO6. The summed E-state index contributed by atoms with van der Waals surface area (Å²) >= 11 is 0. The molecule has 4 rings (SSSR count). The van der Waals surface area contributed by atoms with Gasteiger partial charge in [-0.1, -0.05) is 42.5 Å². The third-order valence-electron chi connectivity index (χ3n) is 5.14. The van der Waals surface area contributed by atoms with E-state index < -0.39 is 5.97 Å². The van der Waals surface area contributed by atoms with Crippen molar-refractivity contribution in [2.75, 3.05) is 18.5 Å². The molecule has 0 unspecified atom stereocenters. The predicted octanol–water partition coefficient (Wildman–Crippen LogP) is 5.82. The highest BCUT2D eigenvalue weighted by Gasteiger charge is 2.12. The Labute approximate surface area is 208 Å². The highest BCUT2D eigenvalue weighted by molar-refractivity contribution is 6.01. The summed E-state index contributed by atoms with van der Waals surface area (Å²) in [5.41, 5.74) is 1.09. The minimum absolute atomic E-state index is 0.0477. The summed E-state index contributed by atoms with van der Waals surface area (Å²) in [7, 11) is 0. The van der Waals surface area contributed by atoms with E-state index in [9.17, 15) is 14.7 Å². The maximum atomic E-state index is 12.4. The summed E-state index contributed by atoms with van der Waals surface area (Å²) in [6, 6.07) is 30.3. The van der Waals surface area contributed by atoms with Crippen molar-refractivity contribution in [2.24, 2.45) is 0 Å². The van der Waals surface area contributed by atoms with Gasteiger partial charge in [-0.2, -0.15) is 0 Å². The zero-order valence-corrected chi connectivity index (χ0v) is 19.4. The molecule has 36 heavy (non-hydrogen) atoms. The fourth-order valence-electron chi connectivity index (χ4n) is 3.41. The van der Waals surface area contributed by atoms with Crippen LogP contribution in [0.15, 0.2) is 103 Å². The van der Waals surface area contributed by atoms with E-state index in [2.05, 4.69) is 5.32 Å². The standard InChI is InChI=1S/C29H25NO6/c31-28(30-27-9-5-4-8-26(27)29(32)33)20-21-10-12-24(13-11-21)36-25-16-14-23(15-17-25)35-19-18-34-22-6-2-1-3-7-22/h1-17H,18-20H2,(H,30,31)(H,32,33). The molecule has 0 fully saturated rings. The Kier molecular flexibility index (Phi) is 8.17. The number of benzene rings is 4. The van der Waals surface area contributed by atoms with Crippen LogP contribution in [0.4, 0.5) is 5.69 Å². The summed E-state index contributed by atoms with van der Waals surface area (Å²) in [6.45, 7) is 0.866. The van der Waals surface area contributed by atoms with Crippen LogP contribution in [0.25, 0.3) is 0 Å². The number of anilines is 1. The van der Waals surface area contributed by atoms with E-state index in [0.717, 1.165) is 11.3 Å².